The third-order valence-electron chi connectivity index (χ3n) is 6.24. The fourth-order valence-electron chi connectivity index (χ4n) is 4.29. The standard InChI is InChI=1S/C18H19FN4O3/c1-18-8-22(7-13(18)21(18)2)16-12(19)5-10-14(24)11(17(25)26)6-23(9-3-4-9)15(10)20-16/h5-6,9,13H,3-4,7-8H2,1-2H3,(H,25,26). The molecule has 0 amide bonds. The van der Waals surface area contributed by atoms with Crippen molar-refractivity contribution in [3.63, 3.8) is 0 Å². The molecule has 0 radical (unpaired) electrons. The van der Waals surface area contributed by atoms with Gasteiger partial charge in [0.15, 0.2) is 11.6 Å². The maximum Gasteiger partial charge on any atom is 0.341 e. The van der Waals surface area contributed by atoms with Crippen molar-refractivity contribution in [2.24, 2.45) is 0 Å². The molecular weight excluding hydrogens is 339 g/mol. The number of likely N-dealkylation sites (N-methyl/N-ethyl adjacent to an activating group) is 1. The first kappa shape index (κ1) is 15.7. The Labute approximate surface area is 148 Å². The lowest BCUT2D eigenvalue weighted by Gasteiger charge is -2.24. The van der Waals surface area contributed by atoms with E-state index in [0.717, 1.165) is 18.9 Å². The van der Waals surface area contributed by atoms with E-state index in [4.69, 9.17) is 0 Å². The first-order valence-corrected chi connectivity index (χ1v) is 8.78. The molecule has 3 unspecified atom stereocenters. The van der Waals surface area contributed by atoms with Crippen molar-refractivity contribution in [3.8, 4) is 0 Å². The van der Waals surface area contributed by atoms with Gasteiger partial charge in [-0.1, -0.05) is 0 Å². The quantitative estimate of drug-likeness (QED) is 0.837. The number of pyridine rings is 2. The Morgan fingerprint density at radius 2 is 2.15 bits per heavy atom. The van der Waals surface area contributed by atoms with Gasteiger partial charge in [0.2, 0.25) is 5.43 Å². The minimum Gasteiger partial charge on any atom is -0.477 e. The largest absolute Gasteiger partial charge is 0.477 e. The summed E-state index contributed by atoms with van der Waals surface area (Å²) in [5.41, 5.74) is -0.599. The van der Waals surface area contributed by atoms with Crippen LogP contribution in [-0.4, -0.2) is 57.2 Å². The van der Waals surface area contributed by atoms with Gasteiger partial charge in [-0.05, 0) is 32.9 Å². The molecule has 0 bridgehead atoms. The van der Waals surface area contributed by atoms with E-state index in [1.807, 2.05) is 4.90 Å². The topological polar surface area (TPSA) is 78.4 Å². The Bertz CT molecular complexity index is 1030. The summed E-state index contributed by atoms with van der Waals surface area (Å²) in [6, 6.07) is 1.67. The van der Waals surface area contributed by atoms with Gasteiger partial charge in [0.25, 0.3) is 0 Å². The predicted octanol–water partition coefficient (Wildman–Crippen LogP) is 1.46. The Balaban J connectivity index is 1.67. The number of carboxylic acid groups (broad SMARTS) is 1. The van der Waals surface area contributed by atoms with E-state index in [9.17, 15) is 19.1 Å². The van der Waals surface area contributed by atoms with Crippen LogP contribution in [0, 0.1) is 5.82 Å². The van der Waals surface area contributed by atoms with E-state index in [1.165, 1.54) is 6.20 Å². The second-order valence-electron chi connectivity index (χ2n) is 7.84. The molecule has 3 aliphatic rings. The van der Waals surface area contributed by atoms with Gasteiger partial charge in [-0.25, -0.2) is 14.2 Å². The van der Waals surface area contributed by atoms with Crippen LogP contribution in [0.2, 0.25) is 0 Å². The number of hydrogen-bond acceptors (Lipinski definition) is 5. The van der Waals surface area contributed by atoms with Crippen LogP contribution in [0.4, 0.5) is 10.2 Å². The molecule has 1 saturated carbocycles. The number of nitrogens with zero attached hydrogens (tertiary/aromatic N) is 4. The average Bonchev–Trinajstić information content (AvgIpc) is 3.47. The van der Waals surface area contributed by atoms with E-state index in [0.29, 0.717) is 24.8 Å². The summed E-state index contributed by atoms with van der Waals surface area (Å²) in [5.74, 6) is -1.63. The number of halogens is 1. The van der Waals surface area contributed by atoms with Crippen LogP contribution < -0.4 is 10.3 Å². The Morgan fingerprint density at radius 1 is 1.42 bits per heavy atom. The molecule has 1 N–H and O–H groups in total. The van der Waals surface area contributed by atoms with Crippen molar-refractivity contribution in [1.82, 2.24) is 14.5 Å². The molecule has 2 aromatic rings. The Hall–Kier alpha value is -2.48. The number of piperazine rings is 1. The molecule has 3 fully saturated rings. The summed E-state index contributed by atoms with van der Waals surface area (Å²) in [4.78, 5) is 32.6. The summed E-state index contributed by atoms with van der Waals surface area (Å²) in [5, 5.41) is 9.33. The SMILES string of the molecule is CN1C2CN(c3nc4c(cc3F)c(=O)c(C(=O)O)cn4C3CC3)CC21C. The van der Waals surface area contributed by atoms with Crippen LogP contribution in [0.25, 0.3) is 11.0 Å². The summed E-state index contributed by atoms with van der Waals surface area (Å²) < 4.78 is 16.5. The molecule has 136 valence electrons. The monoisotopic (exact) mass is 358 g/mol. The molecule has 0 spiro atoms. The molecule has 2 aromatic heterocycles. The molecule has 3 atom stereocenters. The van der Waals surface area contributed by atoms with Crippen LogP contribution in [0.3, 0.4) is 0 Å². The van der Waals surface area contributed by atoms with E-state index < -0.39 is 17.2 Å². The maximum atomic E-state index is 14.8. The summed E-state index contributed by atoms with van der Waals surface area (Å²) in [6.45, 7) is 3.53. The minimum atomic E-state index is -1.30. The fourth-order valence-corrected chi connectivity index (χ4v) is 4.29. The zero-order valence-corrected chi connectivity index (χ0v) is 14.6. The van der Waals surface area contributed by atoms with Crippen molar-refractivity contribution in [1.29, 1.82) is 0 Å². The van der Waals surface area contributed by atoms with Gasteiger partial charge in [0, 0.05) is 31.4 Å². The highest BCUT2D eigenvalue weighted by atomic mass is 19.1. The third kappa shape index (κ3) is 1.99. The van der Waals surface area contributed by atoms with Gasteiger partial charge in [-0.15, -0.1) is 0 Å². The van der Waals surface area contributed by atoms with Gasteiger partial charge in [-0.2, -0.15) is 0 Å². The number of rotatable bonds is 3. The van der Waals surface area contributed by atoms with E-state index in [-0.39, 0.29) is 28.3 Å². The fraction of sp³-hybridized carbons (Fsp3) is 0.500. The molecular formula is C18H19FN4O3. The van der Waals surface area contributed by atoms with Crippen LogP contribution in [0.5, 0.6) is 0 Å². The maximum absolute atomic E-state index is 14.8. The van der Waals surface area contributed by atoms with Crippen molar-refractivity contribution >= 4 is 22.8 Å². The van der Waals surface area contributed by atoms with Crippen molar-refractivity contribution in [3.05, 3.63) is 33.9 Å². The van der Waals surface area contributed by atoms with Crippen molar-refractivity contribution < 1.29 is 14.3 Å². The molecule has 8 heteroatoms. The first-order valence-electron chi connectivity index (χ1n) is 8.78. The molecule has 26 heavy (non-hydrogen) atoms. The van der Waals surface area contributed by atoms with Gasteiger partial charge >= 0.3 is 5.97 Å². The first-order chi connectivity index (χ1) is 12.3. The lowest BCUT2D eigenvalue weighted by Crippen LogP contribution is -2.33. The van der Waals surface area contributed by atoms with Crippen molar-refractivity contribution in [2.75, 3.05) is 25.0 Å². The zero-order valence-electron chi connectivity index (χ0n) is 14.6. The molecule has 5 rings (SSSR count). The number of carbonyl (C=O) groups is 1. The highest BCUT2D eigenvalue weighted by Gasteiger charge is 2.62. The smallest absolute Gasteiger partial charge is 0.341 e. The highest BCUT2D eigenvalue weighted by Crippen LogP contribution is 2.46. The third-order valence-corrected chi connectivity index (χ3v) is 6.24. The van der Waals surface area contributed by atoms with E-state index in [2.05, 4.69) is 23.9 Å². The number of anilines is 1. The summed E-state index contributed by atoms with van der Waals surface area (Å²) in [6.07, 6.45) is 3.16. The summed E-state index contributed by atoms with van der Waals surface area (Å²) >= 11 is 0. The predicted molar refractivity (Wildman–Crippen MR) is 93.4 cm³/mol. The molecule has 2 saturated heterocycles. The lowest BCUT2D eigenvalue weighted by molar-refractivity contribution is 0.0695. The normalized spacial score (nSPS) is 29.9. The van der Waals surface area contributed by atoms with E-state index in [1.54, 1.807) is 4.57 Å². The zero-order chi connectivity index (χ0) is 18.4. The highest BCUT2D eigenvalue weighted by molar-refractivity contribution is 5.92. The van der Waals surface area contributed by atoms with Gasteiger partial charge in [0.05, 0.1) is 10.9 Å². The van der Waals surface area contributed by atoms with Crippen LogP contribution in [-0.2, 0) is 0 Å². The molecule has 2 aliphatic heterocycles. The Morgan fingerprint density at radius 3 is 2.73 bits per heavy atom. The second-order valence-corrected chi connectivity index (χ2v) is 7.84. The molecule has 0 aromatic carbocycles. The number of carboxylic acids is 1. The average molecular weight is 358 g/mol. The van der Waals surface area contributed by atoms with Gasteiger partial charge in [0.1, 0.15) is 11.2 Å². The van der Waals surface area contributed by atoms with Crippen LogP contribution >= 0.6 is 0 Å². The molecule has 7 nitrogen and oxygen atoms in total. The van der Waals surface area contributed by atoms with Crippen LogP contribution in [0.15, 0.2) is 17.1 Å². The number of aromatic nitrogens is 2. The van der Waals surface area contributed by atoms with Gasteiger partial charge < -0.3 is 14.6 Å². The van der Waals surface area contributed by atoms with Crippen molar-refractivity contribution in [2.45, 2.75) is 37.4 Å². The second kappa shape index (κ2) is 4.82. The lowest BCUT2D eigenvalue weighted by atomic mass is 10.1. The van der Waals surface area contributed by atoms with E-state index >= 15 is 0 Å². The number of aromatic carboxylic acids is 1. The Kier molecular flexibility index (Phi) is 2.92. The summed E-state index contributed by atoms with van der Waals surface area (Å²) in [7, 11) is 2.06. The molecule has 1 aliphatic carbocycles. The number of hydrogen-bond donors (Lipinski definition) is 1. The number of fused-ring (bicyclic) bond motifs is 2. The van der Waals surface area contributed by atoms with Crippen LogP contribution in [0.1, 0.15) is 36.2 Å². The minimum absolute atomic E-state index is 0.0331. The molecule has 4 heterocycles. The van der Waals surface area contributed by atoms with Gasteiger partial charge in [-0.3, -0.25) is 9.69 Å².